The summed E-state index contributed by atoms with van der Waals surface area (Å²) in [4.78, 5) is 0. The van der Waals surface area contributed by atoms with Crippen LogP contribution >= 0.6 is 15.9 Å². The van der Waals surface area contributed by atoms with Crippen LogP contribution in [0.25, 0.3) is 0 Å². The molecule has 0 atom stereocenters. The smallest absolute Gasteiger partial charge is 0.137 e. The van der Waals surface area contributed by atoms with Gasteiger partial charge in [0.05, 0.1) is 4.47 Å². The predicted molar refractivity (Wildman–Crippen MR) is 67.6 cm³/mol. The molecule has 14 heavy (non-hydrogen) atoms. The van der Waals surface area contributed by atoms with Crippen LogP contribution in [0.1, 0.15) is 5.56 Å². The van der Waals surface area contributed by atoms with Gasteiger partial charge in [-0.15, -0.1) is 0 Å². The molecule has 1 aromatic rings. The van der Waals surface area contributed by atoms with Crippen LogP contribution in [0.5, 0.6) is 0 Å². The summed E-state index contributed by atoms with van der Waals surface area (Å²) in [6.45, 7) is 1.92. The fourth-order valence-electron chi connectivity index (χ4n) is 0.601. The number of halogens is 2. The summed E-state index contributed by atoms with van der Waals surface area (Å²) >= 11 is 3.07. The number of rotatable bonds is 1. The summed E-state index contributed by atoms with van der Waals surface area (Å²) in [6, 6.07) is 4.93. The van der Waals surface area contributed by atoms with Gasteiger partial charge in [-0.2, -0.15) is 0 Å². The predicted octanol–water partition coefficient (Wildman–Crippen LogP) is 0.993. The Kier molecular flexibility index (Phi) is 7.25. The van der Waals surface area contributed by atoms with E-state index in [0.29, 0.717) is 4.47 Å². The molecule has 0 saturated carbocycles. The third-order valence-corrected chi connectivity index (χ3v) is 1.91. The highest BCUT2D eigenvalue weighted by molar-refractivity contribution is 9.10. The van der Waals surface area contributed by atoms with E-state index in [-0.39, 0.29) is 5.82 Å². The molecule has 7 radical (unpaired) electrons. The van der Waals surface area contributed by atoms with Gasteiger partial charge in [-0.05, 0) is 40.5 Å². The summed E-state index contributed by atoms with van der Waals surface area (Å²) in [5, 5.41) is 0. The molecular weight excluding hydrogens is 237 g/mol. The van der Waals surface area contributed by atoms with E-state index in [9.17, 15) is 4.39 Å². The van der Waals surface area contributed by atoms with Crippen LogP contribution in [0.2, 0.25) is 0 Å². The van der Waals surface area contributed by atoms with Crippen LogP contribution in [0, 0.1) is 12.7 Å². The molecule has 0 bridgehead atoms. The summed E-state index contributed by atoms with van der Waals surface area (Å²) in [5.41, 5.74) is 1.06. The van der Waals surface area contributed by atoms with Gasteiger partial charge in [-0.1, -0.05) is 6.07 Å². The third-order valence-electron chi connectivity index (χ3n) is 1.30. The van der Waals surface area contributed by atoms with Gasteiger partial charge in [-0.3, -0.25) is 0 Å². The van der Waals surface area contributed by atoms with E-state index < -0.39 is 6.39 Å². The van der Waals surface area contributed by atoms with Gasteiger partial charge in [0.15, 0.2) is 0 Å². The Morgan fingerprint density at radius 2 is 1.93 bits per heavy atom. The average Bonchev–Trinajstić information content (AvgIpc) is 2.13. The minimum absolute atomic E-state index is 0.208. The van der Waals surface area contributed by atoms with Gasteiger partial charge in [0.2, 0.25) is 0 Å². The lowest BCUT2D eigenvalue weighted by atomic mass is 8.97. The van der Waals surface area contributed by atoms with E-state index >= 15 is 0 Å². The Labute approximate surface area is 98.0 Å². The van der Waals surface area contributed by atoms with Gasteiger partial charge in [0.25, 0.3) is 0 Å². The van der Waals surface area contributed by atoms with Gasteiger partial charge >= 0.3 is 0 Å². The molecule has 1 aromatic carbocycles. The third kappa shape index (κ3) is 6.41. The maximum absolute atomic E-state index is 12.5. The zero-order chi connectivity index (χ0) is 11.1. The molecule has 0 amide bonds. The highest BCUT2D eigenvalue weighted by Crippen LogP contribution is 2.15. The lowest BCUT2D eigenvalue weighted by Gasteiger charge is -1.93. The quantitative estimate of drug-likeness (QED) is 0.645. The lowest BCUT2D eigenvalue weighted by molar-refractivity contribution is 0.620. The van der Waals surface area contributed by atoms with Crippen LogP contribution < -0.4 is 0 Å². The first-order valence-corrected chi connectivity index (χ1v) is 4.74. The molecular formula is C7H6B5BrF. The highest BCUT2D eigenvalue weighted by atomic mass is 79.9. The van der Waals surface area contributed by atoms with E-state index in [4.69, 9.17) is 23.2 Å². The maximum atomic E-state index is 12.5. The first-order valence-electron chi connectivity index (χ1n) is 3.95. The summed E-state index contributed by atoms with van der Waals surface area (Å²) in [7, 11) is 15.8. The van der Waals surface area contributed by atoms with Gasteiger partial charge in [0, 0.05) is 36.7 Å². The van der Waals surface area contributed by atoms with E-state index in [1.165, 1.54) is 13.1 Å². The molecule has 1 rings (SSSR count). The molecule has 0 saturated heterocycles. The van der Waals surface area contributed by atoms with Crippen LogP contribution in [0.3, 0.4) is 0 Å². The van der Waals surface area contributed by atoms with Crippen molar-refractivity contribution in [2.45, 2.75) is 6.92 Å². The fraction of sp³-hybridized carbons (Fsp3) is 0.143. The molecule has 0 nitrogen and oxygen atoms in total. The molecule has 0 unspecified atom stereocenters. The van der Waals surface area contributed by atoms with Crippen molar-refractivity contribution in [1.29, 1.82) is 0 Å². The molecule has 0 heterocycles. The Hall–Kier alpha value is -0.0453. The minimum atomic E-state index is -0.463. The van der Waals surface area contributed by atoms with Crippen molar-refractivity contribution in [2.24, 2.45) is 0 Å². The summed E-state index contributed by atoms with van der Waals surface area (Å²) in [6.07, 6.45) is -0.463. The molecule has 0 fully saturated rings. The second-order valence-electron chi connectivity index (χ2n) is 2.69. The Morgan fingerprint density at radius 1 is 1.43 bits per heavy atom. The van der Waals surface area contributed by atoms with Gasteiger partial charge in [0.1, 0.15) is 5.82 Å². The molecule has 0 spiro atoms. The van der Waals surface area contributed by atoms with Crippen molar-refractivity contribution in [2.75, 3.05) is 0 Å². The Balaban J connectivity index is 0.000000292. The maximum Gasteiger partial charge on any atom is 0.137 e. The highest BCUT2D eigenvalue weighted by Gasteiger charge is 1.94. The SMILES string of the molecule is Cc1ccc(F)c(Br)c1.[B][B]B([B])[B]. The van der Waals surface area contributed by atoms with Crippen molar-refractivity contribution in [3.8, 4) is 0 Å². The normalized spacial score (nSPS) is 8.50. The first-order chi connectivity index (χ1) is 6.47. The van der Waals surface area contributed by atoms with Gasteiger partial charge < -0.3 is 0 Å². The molecule has 0 aliphatic carbocycles. The number of hydrogen-bond donors (Lipinski definition) is 0. The average molecular weight is 243 g/mol. The van der Waals surface area contributed by atoms with Crippen LogP contribution in [0.15, 0.2) is 22.7 Å². The number of hydrogen-bond acceptors (Lipinski definition) is 0. The summed E-state index contributed by atoms with van der Waals surface area (Å²) in [5.74, 6) is -0.208. The molecule has 0 aromatic heterocycles. The van der Waals surface area contributed by atoms with Crippen LogP contribution in [-0.2, 0) is 0 Å². The lowest BCUT2D eigenvalue weighted by Crippen LogP contribution is -2.23. The van der Waals surface area contributed by atoms with E-state index in [1.807, 2.05) is 6.92 Å². The van der Waals surface area contributed by atoms with Crippen molar-refractivity contribution in [1.82, 2.24) is 0 Å². The molecule has 7 heteroatoms. The van der Waals surface area contributed by atoms with E-state index in [2.05, 4.69) is 15.9 Å². The topological polar surface area (TPSA) is 0 Å². The zero-order valence-corrected chi connectivity index (χ0v) is 9.46. The minimum Gasteiger partial charge on any atom is -0.206 e. The van der Waals surface area contributed by atoms with Crippen LogP contribution in [-0.4, -0.2) is 36.7 Å². The summed E-state index contributed by atoms with van der Waals surface area (Å²) < 4.78 is 13.0. The zero-order valence-electron chi connectivity index (χ0n) is 7.87. The Morgan fingerprint density at radius 3 is 2.21 bits per heavy atom. The second-order valence-corrected chi connectivity index (χ2v) is 3.54. The fourth-order valence-corrected chi connectivity index (χ4v) is 1.09. The first kappa shape index (κ1) is 14.0. The second kappa shape index (κ2) is 7.27. The van der Waals surface area contributed by atoms with Crippen molar-refractivity contribution in [3.05, 3.63) is 34.1 Å². The Bertz CT molecular complexity index is 281. The number of benzene rings is 1. The van der Waals surface area contributed by atoms with Crippen molar-refractivity contribution < 1.29 is 4.39 Å². The molecule has 0 aliphatic heterocycles. The molecule has 0 N–H and O–H groups in total. The monoisotopic (exact) mass is 243 g/mol. The largest absolute Gasteiger partial charge is 0.206 e. The van der Waals surface area contributed by atoms with Crippen molar-refractivity contribution >= 4 is 52.6 Å². The molecule has 0 aliphatic rings. The number of aryl methyl sites for hydroxylation is 1. The van der Waals surface area contributed by atoms with Crippen molar-refractivity contribution in [3.63, 3.8) is 0 Å². The van der Waals surface area contributed by atoms with Gasteiger partial charge in [-0.25, -0.2) is 4.39 Å². The van der Waals surface area contributed by atoms with E-state index in [1.54, 1.807) is 12.1 Å². The van der Waals surface area contributed by atoms with E-state index in [0.717, 1.165) is 5.56 Å². The molecule has 63 valence electrons. The van der Waals surface area contributed by atoms with Crippen LogP contribution in [0.4, 0.5) is 4.39 Å². The standard InChI is InChI=1S/C7H6BrF.B5/c1-5-2-3-7(9)6(8)4-5;1-4-5(2)3/h2-4H,1H3;.